The summed E-state index contributed by atoms with van der Waals surface area (Å²) in [6, 6.07) is 15.8. The van der Waals surface area contributed by atoms with Crippen molar-refractivity contribution in [3.63, 3.8) is 0 Å². The minimum absolute atomic E-state index is 0.203. The van der Waals surface area contributed by atoms with Crippen LogP contribution in [0.4, 0.5) is 5.69 Å². The monoisotopic (exact) mass is 710 g/mol. The van der Waals surface area contributed by atoms with Crippen LogP contribution in [0.5, 0.6) is 0 Å². The molecule has 9 heterocycles. The number of piperazine rings is 2. The molecular weight excluding hydrogens is 681 g/mol. The lowest BCUT2D eigenvalue weighted by molar-refractivity contribution is -0.166. The van der Waals surface area contributed by atoms with Crippen molar-refractivity contribution in [3.05, 3.63) is 65.9 Å². The van der Waals surface area contributed by atoms with Gasteiger partial charge in [0.2, 0.25) is 9.74 Å². The predicted molar refractivity (Wildman–Crippen MR) is 182 cm³/mol. The van der Waals surface area contributed by atoms with Gasteiger partial charge in [-0.1, -0.05) is 58.0 Å². The third-order valence-electron chi connectivity index (χ3n) is 11.1. The molecule has 0 radical (unpaired) electrons. The zero-order valence-electron chi connectivity index (χ0n) is 25.5. The summed E-state index contributed by atoms with van der Waals surface area (Å²) in [4.78, 5) is 57.1. The molecule has 0 aliphatic carbocycles. The number of likely N-dealkylation sites (N-methyl/N-ethyl adjacent to an activating group) is 3. The summed E-state index contributed by atoms with van der Waals surface area (Å²) in [6.07, 6.45) is 1.85. The number of carbonyl (C=O) groups is 4. The first-order chi connectivity index (χ1) is 22.5. The second kappa shape index (κ2) is 9.36. The summed E-state index contributed by atoms with van der Waals surface area (Å²) in [5, 5.41) is 25.2. The van der Waals surface area contributed by atoms with E-state index in [0.717, 1.165) is 27.7 Å². The highest BCUT2D eigenvalue weighted by Gasteiger charge is 2.78. The van der Waals surface area contributed by atoms with E-state index in [1.54, 1.807) is 26.0 Å². The Balaban J connectivity index is 1.25. The van der Waals surface area contributed by atoms with Crippen LogP contribution in [-0.2, 0) is 31.1 Å². The number of para-hydroxylation sites is 2. The number of anilines is 1. The van der Waals surface area contributed by atoms with E-state index in [4.69, 9.17) is 0 Å². The Kier molecular flexibility index (Phi) is 5.99. The summed E-state index contributed by atoms with van der Waals surface area (Å²) in [7, 11) is 9.90. The minimum atomic E-state index is -1.43. The van der Waals surface area contributed by atoms with Gasteiger partial charge in [-0.25, -0.2) is 0 Å². The van der Waals surface area contributed by atoms with Gasteiger partial charge in [0.15, 0.2) is 9.74 Å². The van der Waals surface area contributed by atoms with Gasteiger partial charge in [0.05, 0.1) is 13.2 Å². The summed E-state index contributed by atoms with van der Waals surface area (Å²) < 4.78 is 2.16. The van der Waals surface area contributed by atoms with Gasteiger partial charge >= 0.3 is 0 Å². The Hall–Kier alpha value is -3.02. The lowest BCUT2D eigenvalue weighted by Crippen LogP contribution is -2.77. The number of aromatic nitrogens is 1. The first kappa shape index (κ1) is 30.1. The van der Waals surface area contributed by atoms with E-state index in [1.807, 2.05) is 54.7 Å². The Morgan fingerprint density at radius 1 is 0.766 bits per heavy atom. The summed E-state index contributed by atoms with van der Waals surface area (Å²) >= 11 is 0. The molecule has 244 valence electrons. The second-order valence-electron chi connectivity index (χ2n) is 13.0. The first-order valence-electron chi connectivity index (χ1n) is 15.1. The Morgan fingerprint density at radius 2 is 1.36 bits per heavy atom. The molecular formula is C31H30N6O6S4. The summed E-state index contributed by atoms with van der Waals surface area (Å²) in [6.45, 7) is -0.994. The maximum Gasteiger partial charge on any atom is 0.265 e. The van der Waals surface area contributed by atoms with Crippen molar-refractivity contribution in [1.29, 1.82) is 0 Å². The molecule has 1 spiro atoms. The number of nitrogens with zero attached hydrogens (tertiary/aromatic N) is 5. The molecule has 4 bridgehead atoms. The number of amides is 4. The van der Waals surface area contributed by atoms with Crippen LogP contribution < -0.4 is 5.32 Å². The fraction of sp³-hybridized carbons (Fsp3) is 0.419. The second-order valence-corrected chi connectivity index (χ2v) is 18.3. The van der Waals surface area contributed by atoms with Crippen molar-refractivity contribution >= 4 is 83.4 Å². The lowest BCUT2D eigenvalue weighted by atomic mass is 9.86. The maximum absolute atomic E-state index is 14.4. The number of hydrogen-bond acceptors (Lipinski definition) is 11. The predicted octanol–water partition coefficient (Wildman–Crippen LogP) is 1.87. The van der Waals surface area contributed by atoms with E-state index in [-0.39, 0.29) is 36.5 Å². The smallest absolute Gasteiger partial charge is 0.265 e. The van der Waals surface area contributed by atoms with Crippen LogP contribution >= 0.6 is 43.2 Å². The summed E-state index contributed by atoms with van der Waals surface area (Å²) in [5.41, 5.74) is 2.55. The molecule has 12 nitrogen and oxygen atoms in total. The third kappa shape index (κ3) is 3.12. The van der Waals surface area contributed by atoms with E-state index >= 15 is 0 Å². The minimum Gasteiger partial charge on any atom is -0.392 e. The average molecular weight is 711 g/mol. The number of rotatable bonds is 5. The van der Waals surface area contributed by atoms with Crippen LogP contribution in [0.1, 0.15) is 17.5 Å². The van der Waals surface area contributed by atoms with Crippen LogP contribution in [0.2, 0.25) is 0 Å². The van der Waals surface area contributed by atoms with Crippen LogP contribution in [0.3, 0.4) is 0 Å². The number of aliphatic hydroxyl groups is 2. The van der Waals surface area contributed by atoms with E-state index in [2.05, 4.69) is 9.88 Å². The van der Waals surface area contributed by atoms with Crippen LogP contribution in [0.15, 0.2) is 54.7 Å². The van der Waals surface area contributed by atoms with Crippen molar-refractivity contribution in [2.75, 3.05) is 39.7 Å². The number of carbonyl (C=O) groups excluding carboxylic acids is 4. The molecule has 1 aromatic heterocycles. The van der Waals surface area contributed by atoms with Crippen molar-refractivity contribution in [1.82, 2.24) is 24.2 Å². The molecule has 47 heavy (non-hydrogen) atoms. The molecule has 16 heteroatoms. The zero-order valence-corrected chi connectivity index (χ0v) is 28.8. The van der Waals surface area contributed by atoms with E-state index < -0.39 is 44.4 Å². The van der Waals surface area contributed by atoms with Crippen LogP contribution in [0, 0.1) is 0 Å². The van der Waals surface area contributed by atoms with Gasteiger partial charge in [-0.3, -0.25) is 24.1 Å². The highest BCUT2D eigenvalue weighted by Crippen LogP contribution is 2.69. The molecule has 7 fully saturated rings. The fourth-order valence-corrected chi connectivity index (χ4v) is 15.7. The molecule has 11 rings (SSSR count). The fourth-order valence-electron chi connectivity index (χ4n) is 8.49. The number of nitrogens with one attached hydrogen (secondary N) is 1. The molecule has 2 aromatic carbocycles. The molecule has 8 aliphatic rings. The van der Waals surface area contributed by atoms with Gasteiger partial charge in [-0.2, -0.15) is 0 Å². The van der Waals surface area contributed by atoms with Gasteiger partial charge in [-0.05, 0) is 39.3 Å². The zero-order chi connectivity index (χ0) is 32.9. The average Bonchev–Trinajstić information content (AvgIpc) is 3.71. The maximum atomic E-state index is 14.4. The summed E-state index contributed by atoms with van der Waals surface area (Å²) in [5.74, 6) is -1.11. The lowest BCUT2D eigenvalue weighted by Gasteiger charge is -2.58. The van der Waals surface area contributed by atoms with Gasteiger partial charge in [0, 0.05) is 62.3 Å². The highest BCUT2D eigenvalue weighted by atomic mass is 33.1. The van der Waals surface area contributed by atoms with E-state index in [1.165, 1.54) is 57.9 Å². The highest BCUT2D eigenvalue weighted by molar-refractivity contribution is 8.78. The van der Waals surface area contributed by atoms with Crippen molar-refractivity contribution < 1.29 is 29.4 Å². The van der Waals surface area contributed by atoms with Gasteiger partial charge in [0.25, 0.3) is 23.6 Å². The Morgan fingerprint density at radius 3 is 2.13 bits per heavy atom. The molecule has 0 unspecified atom stereocenters. The quantitative estimate of drug-likeness (QED) is 0.335. The standard InChI is InChI=1S/C31H30N6O6S4/c1-33-25(42)30(15-38)34(2)23(40)28(33,44-46-30)12-17-13-36(21-11-7-4-8-18(17)21)27-14-29-24(41)35(3)31(16-39,47-45-29)26(43)37(29)22(27)32-20-10-6-5-9-19(20)27/h4-11,13,22,32,38-39H,12,14-16H2,1-3H3/t22-,27-,28-,29+,30+,31+/m1/s1. The Bertz CT molecular complexity index is 1980. The molecule has 3 aromatic rings. The van der Waals surface area contributed by atoms with E-state index in [0.29, 0.717) is 0 Å². The molecule has 6 atom stereocenters. The largest absolute Gasteiger partial charge is 0.392 e. The third-order valence-corrected chi connectivity index (χ3v) is 18.4. The number of fused-ring (bicyclic) bond motifs is 9. The van der Waals surface area contributed by atoms with E-state index in [9.17, 15) is 29.4 Å². The van der Waals surface area contributed by atoms with Gasteiger partial charge in [-0.15, -0.1) is 0 Å². The van der Waals surface area contributed by atoms with Crippen molar-refractivity contribution in [3.8, 4) is 0 Å². The van der Waals surface area contributed by atoms with Gasteiger partial charge < -0.3 is 34.8 Å². The molecule has 0 saturated carbocycles. The first-order valence-corrected chi connectivity index (χ1v) is 19.4. The Labute approximate surface area is 285 Å². The SMILES string of the molecule is CN1C(=O)[C@@]23C[C@@]4(n5cc(C[C@]67SS[C@@](CO)(C(=O)N6C)N(C)C7=O)c6ccccc65)c5ccccc5N[C@@H]4N2C(=O)[C@]1(CO)SS3. The molecule has 7 saturated heterocycles. The number of benzene rings is 2. The van der Waals surface area contributed by atoms with Crippen LogP contribution in [0.25, 0.3) is 10.9 Å². The van der Waals surface area contributed by atoms with Crippen molar-refractivity contribution in [2.45, 2.75) is 44.0 Å². The topological polar surface area (TPSA) is 139 Å². The van der Waals surface area contributed by atoms with Crippen LogP contribution in [-0.4, -0.2) is 118 Å². The van der Waals surface area contributed by atoms with Crippen molar-refractivity contribution in [2.24, 2.45) is 0 Å². The number of aliphatic hydroxyl groups excluding tert-OH is 2. The van der Waals surface area contributed by atoms with Gasteiger partial charge in [0.1, 0.15) is 11.7 Å². The normalized spacial score (nSPS) is 36.8. The molecule has 3 N–H and O–H groups in total. The number of hydrogen-bond donors (Lipinski definition) is 3. The molecule has 8 aliphatic heterocycles. The molecule has 4 amide bonds.